The fourth-order valence-corrected chi connectivity index (χ4v) is 2.68. The maximum atomic E-state index is 10.6. The molecule has 2 aromatic rings. The number of thiazole rings is 1. The lowest BCUT2D eigenvalue weighted by Gasteiger charge is -2.06. The maximum Gasteiger partial charge on any atom is 0.309 e. The molecule has 0 unspecified atom stereocenters. The number of halogens is 1. The Labute approximate surface area is 117 Å². The van der Waals surface area contributed by atoms with Gasteiger partial charge in [0.15, 0.2) is 5.13 Å². The van der Waals surface area contributed by atoms with Crippen molar-refractivity contribution in [1.29, 1.82) is 0 Å². The fraction of sp³-hybridized carbons (Fsp3) is 0.167. The number of aromatic nitrogens is 1. The van der Waals surface area contributed by atoms with Gasteiger partial charge >= 0.3 is 5.97 Å². The third-order valence-corrected chi connectivity index (χ3v) is 3.61. The number of anilines is 2. The molecular formula is C12H11BrN2O2S. The molecular weight excluding hydrogens is 316 g/mol. The summed E-state index contributed by atoms with van der Waals surface area (Å²) in [6, 6.07) is 5.91. The second-order valence-corrected chi connectivity index (χ2v) is 5.57. The Kier molecular flexibility index (Phi) is 3.98. The van der Waals surface area contributed by atoms with Crippen LogP contribution in [0.2, 0.25) is 0 Å². The zero-order valence-electron chi connectivity index (χ0n) is 9.61. The van der Waals surface area contributed by atoms with Gasteiger partial charge in [0, 0.05) is 15.5 Å². The highest BCUT2D eigenvalue weighted by Crippen LogP contribution is 2.25. The van der Waals surface area contributed by atoms with Gasteiger partial charge in [-0.25, -0.2) is 4.98 Å². The molecule has 1 aromatic heterocycles. The van der Waals surface area contributed by atoms with Crippen LogP contribution in [0.4, 0.5) is 10.8 Å². The lowest BCUT2D eigenvalue weighted by molar-refractivity contribution is -0.136. The van der Waals surface area contributed by atoms with Crippen molar-refractivity contribution >= 4 is 44.1 Å². The van der Waals surface area contributed by atoms with E-state index in [1.54, 1.807) is 5.38 Å². The Bertz CT molecular complexity index is 583. The molecule has 0 saturated heterocycles. The topological polar surface area (TPSA) is 62.2 Å². The summed E-state index contributed by atoms with van der Waals surface area (Å²) in [7, 11) is 0. The highest BCUT2D eigenvalue weighted by Gasteiger charge is 2.07. The molecule has 6 heteroatoms. The van der Waals surface area contributed by atoms with Gasteiger partial charge in [0.2, 0.25) is 0 Å². The second kappa shape index (κ2) is 5.49. The van der Waals surface area contributed by atoms with Crippen molar-refractivity contribution in [3.63, 3.8) is 0 Å². The molecule has 2 rings (SSSR count). The van der Waals surface area contributed by atoms with E-state index in [9.17, 15) is 4.79 Å². The first kappa shape index (κ1) is 13.0. The van der Waals surface area contributed by atoms with Gasteiger partial charge in [-0.2, -0.15) is 0 Å². The third kappa shape index (κ3) is 3.30. The van der Waals surface area contributed by atoms with Crippen molar-refractivity contribution in [2.24, 2.45) is 0 Å². The van der Waals surface area contributed by atoms with Crippen LogP contribution in [0.3, 0.4) is 0 Å². The Balaban J connectivity index is 2.13. The van der Waals surface area contributed by atoms with E-state index >= 15 is 0 Å². The predicted molar refractivity (Wildman–Crippen MR) is 75.6 cm³/mol. The van der Waals surface area contributed by atoms with Crippen LogP contribution < -0.4 is 5.32 Å². The molecule has 4 nitrogen and oxygen atoms in total. The molecule has 0 fully saturated rings. The van der Waals surface area contributed by atoms with Crippen molar-refractivity contribution in [3.05, 3.63) is 39.3 Å². The van der Waals surface area contributed by atoms with Crippen molar-refractivity contribution in [2.45, 2.75) is 13.3 Å². The molecule has 1 heterocycles. The summed E-state index contributed by atoms with van der Waals surface area (Å²) in [5, 5.41) is 14.3. The van der Waals surface area contributed by atoms with Crippen molar-refractivity contribution in [1.82, 2.24) is 4.98 Å². The van der Waals surface area contributed by atoms with Gasteiger partial charge in [-0.15, -0.1) is 11.3 Å². The van der Waals surface area contributed by atoms with E-state index in [2.05, 4.69) is 26.2 Å². The number of nitrogens with zero attached hydrogens (tertiary/aromatic N) is 1. The predicted octanol–water partition coefficient (Wildman–Crippen LogP) is 3.58. The van der Waals surface area contributed by atoms with Crippen LogP contribution in [0.25, 0.3) is 0 Å². The molecule has 1 aromatic carbocycles. The number of carboxylic acid groups (broad SMARTS) is 1. The minimum atomic E-state index is -0.869. The highest BCUT2D eigenvalue weighted by atomic mass is 79.9. The Hall–Kier alpha value is -1.40. The van der Waals surface area contributed by atoms with Crippen LogP contribution in [0, 0.1) is 6.92 Å². The second-order valence-electron chi connectivity index (χ2n) is 3.80. The number of aryl methyl sites for hydroxylation is 1. The van der Waals surface area contributed by atoms with Crippen LogP contribution in [0.1, 0.15) is 11.3 Å². The number of hydrogen-bond acceptors (Lipinski definition) is 4. The number of hydrogen-bond donors (Lipinski definition) is 2. The molecule has 2 N–H and O–H groups in total. The number of benzene rings is 1. The summed E-state index contributed by atoms with van der Waals surface area (Å²) in [5.74, 6) is -0.869. The third-order valence-electron chi connectivity index (χ3n) is 2.31. The van der Waals surface area contributed by atoms with E-state index in [0.717, 1.165) is 15.7 Å². The quantitative estimate of drug-likeness (QED) is 0.901. The van der Waals surface area contributed by atoms with Crippen LogP contribution in [-0.2, 0) is 11.2 Å². The summed E-state index contributed by atoms with van der Waals surface area (Å²) in [6.45, 7) is 2.00. The standard InChI is InChI=1S/C12H11BrN2O2S/c1-7-4-8(13)2-3-10(7)15-12-14-9(6-18-12)5-11(16)17/h2-4,6H,5H2,1H3,(H,14,15)(H,16,17). The largest absolute Gasteiger partial charge is 0.481 e. The van der Waals surface area contributed by atoms with Gasteiger partial charge < -0.3 is 10.4 Å². The molecule has 0 radical (unpaired) electrons. The smallest absolute Gasteiger partial charge is 0.309 e. The van der Waals surface area contributed by atoms with Gasteiger partial charge in [0.25, 0.3) is 0 Å². The zero-order chi connectivity index (χ0) is 13.1. The van der Waals surface area contributed by atoms with Crippen molar-refractivity contribution in [3.8, 4) is 0 Å². The normalized spacial score (nSPS) is 10.3. The number of carboxylic acids is 1. The molecule has 94 valence electrons. The summed E-state index contributed by atoms with van der Waals surface area (Å²) in [5.41, 5.74) is 2.64. The van der Waals surface area contributed by atoms with E-state index in [1.165, 1.54) is 11.3 Å². The molecule has 0 aliphatic rings. The molecule has 0 bridgehead atoms. The zero-order valence-corrected chi connectivity index (χ0v) is 12.0. The summed E-state index contributed by atoms with van der Waals surface area (Å²) in [6.07, 6.45) is -0.0441. The van der Waals surface area contributed by atoms with E-state index < -0.39 is 5.97 Å². The number of carbonyl (C=O) groups is 1. The fourth-order valence-electron chi connectivity index (χ4n) is 1.48. The van der Waals surface area contributed by atoms with E-state index in [0.29, 0.717) is 10.8 Å². The lowest BCUT2D eigenvalue weighted by Crippen LogP contribution is -2.00. The number of aliphatic carboxylic acids is 1. The SMILES string of the molecule is Cc1cc(Br)ccc1Nc1nc(CC(=O)O)cs1. The molecule has 0 aliphatic heterocycles. The van der Waals surface area contributed by atoms with E-state index in [-0.39, 0.29) is 6.42 Å². The van der Waals surface area contributed by atoms with Crippen LogP contribution >= 0.6 is 27.3 Å². The van der Waals surface area contributed by atoms with Gasteiger partial charge in [-0.05, 0) is 30.7 Å². The molecule has 18 heavy (non-hydrogen) atoms. The van der Waals surface area contributed by atoms with E-state index in [4.69, 9.17) is 5.11 Å². The van der Waals surface area contributed by atoms with Crippen molar-refractivity contribution in [2.75, 3.05) is 5.32 Å². The minimum absolute atomic E-state index is 0.0441. The van der Waals surface area contributed by atoms with Gasteiger partial charge in [0.1, 0.15) is 0 Å². The Morgan fingerprint density at radius 3 is 3.00 bits per heavy atom. The number of nitrogens with one attached hydrogen (secondary N) is 1. The summed E-state index contributed by atoms with van der Waals surface area (Å²) in [4.78, 5) is 14.8. The summed E-state index contributed by atoms with van der Waals surface area (Å²) < 4.78 is 1.02. The molecule has 0 amide bonds. The van der Waals surface area contributed by atoms with Crippen LogP contribution in [0.5, 0.6) is 0 Å². The highest BCUT2D eigenvalue weighted by molar-refractivity contribution is 9.10. The first-order chi connectivity index (χ1) is 8.54. The van der Waals surface area contributed by atoms with Gasteiger partial charge in [0.05, 0.1) is 12.1 Å². The Morgan fingerprint density at radius 1 is 1.56 bits per heavy atom. The number of rotatable bonds is 4. The minimum Gasteiger partial charge on any atom is -0.481 e. The van der Waals surface area contributed by atoms with Crippen LogP contribution in [0.15, 0.2) is 28.1 Å². The average molecular weight is 327 g/mol. The first-order valence-corrected chi connectivity index (χ1v) is 6.91. The molecule has 0 spiro atoms. The van der Waals surface area contributed by atoms with Gasteiger partial charge in [-0.1, -0.05) is 15.9 Å². The summed E-state index contributed by atoms with van der Waals surface area (Å²) >= 11 is 4.81. The maximum absolute atomic E-state index is 10.6. The van der Waals surface area contributed by atoms with Gasteiger partial charge in [-0.3, -0.25) is 4.79 Å². The molecule has 0 atom stereocenters. The first-order valence-electron chi connectivity index (χ1n) is 5.24. The Morgan fingerprint density at radius 2 is 2.33 bits per heavy atom. The van der Waals surface area contributed by atoms with Crippen molar-refractivity contribution < 1.29 is 9.90 Å². The van der Waals surface area contributed by atoms with Crippen LogP contribution in [-0.4, -0.2) is 16.1 Å². The average Bonchev–Trinajstić information content (AvgIpc) is 2.69. The molecule has 0 saturated carbocycles. The lowest BCUT2D eigenvalue weighted by atomic mass is 10.2. The van der Waals surface area contributed by atoms with E-state index in [1.807, 2.05) is 25.1 Å². The molecule has 0 aliphatic carbocycles. The monoisotopic (exact) mass is 326 g/mol.